The van der Waals surface area contributed by atoms with E-state index in [2.05, 4.69) is 9.97 Å². The van der Waals surface area contributed by atoms with Crippen molar-refractivity contribution in [3.8, 4) is 0 Å². The summed E-state index contributed by atoms with van der Waals surface area (Å²) in [7, 11) is 0. The minimum atomic E-state index is -0.384. The number of hydrogen-bond donors (Lipinski definition) is 0. The summed E-state index contributed by atoms with van der Waals surface area (Å²) in [6.07, 6.45) is 4.11. The molecule has 0 amide bonds. The van der Waals surface area contributed by atoms with Crippen molar-refractivity contribution in [3.63, 3.8) is 0 Å². The lowest BCUT2D eigenvalue weighted by molar-refractivity contribution is 0.0377. The van der Waals surface area contributed by atoms with Crippen LogP contribution in [0.5, 0.6) is 0 Å². The average Bonchev–Trinajstić information content (AvgIpc) is 2.05. The predicted octanol–water partition coefficient (Wildman–Crippen LogP) is 1.04. The Bertz CT molecular complexity index is 259. The van der Waals surface area contributed by atoms with E-state index in [0.717, 1.165) is 0 Å². The molecule has 64 valence electrons. The van der Waals surface area contributed by atoms with E-state index in [9.17, 15) is 4.79 Å². The Kier molecular flexibility index (Phi) is 2.74. The van der Waals surface area contributed by atoms with Crippen LogP contribution >= 0.6 is 0 Å². The minimum absolute atomic E-state index is 0.113. The molecule has 12 heavy (non-hydrogen) atoms. The van der Waals surface area contributed by atoms with Crippen molar-refractivity contribution in [2.24, 2.45) is 0 Å². The second-order valence-electron chi connectivity index (χ2n) is 2.58. The molecule has 1 aromatic heterocycles. The summed E-state index contributed by atoms with van der Waals surface area (Å²) in [5.41, 5.74) is 0.381. The molecule has 0 aromatic carbocycles. The fourth-order valence-corrected chi connectivity index (χ4v) is 0.687. The third-order valence-electron chi connectivity index (χ3n) is 1.14. The number of carbonyl (C=O) groups is 1. The zero-order chi connectivity index (χ0) is 8.97. The van der Waals surface area contributed by atoms with Gasteiger partial charge in [0, 0.05) is 12.4 Å². The van der Waals surface area contributed by atoms with Crippen LogP contribution in [0, 0.1) is 0 Å². The van der Waals surface area contributed by atoms with E-state index in [4.69, 9.17) is 4.74 Å². The molecule has 1 aromatic rings. The van der Waals surface area contributed by atoms with Crippen molar-refractivity contribution in [3.05, 3.63) is 24.3 Å². The standard InChI is InChI=1S/C8H10N2O2/c1-6(2)12-8(11)7-3-9-5-10-4-7/h3-6H,1-2H3. The molecule has 0 aliphatic carbocycles. The normalized spacial score (nSPS) is 9.92. The van der Waals surface area contributed by atoms with Crippen molar-refractivity contribution in [1.29, 1.82) is 0 Å². The first-order valence-electron chi connectivity index (χ1n) is 3.66. The van der Waals surface area contributed by atoms with Gasteiger partial charge in [0.15, 0.2) is 0 Å². The number of esters is 1. The second kappa shape index (κ2) is 3.80. The highest BCUT2D eigenvalue weighted by molar-refractivity contribution is 5.88. The number of nitrogens with zero attached hydrogens (tertiary/aromatic N) is 2. The maximum absolute atomic E-state index is 11.2. The zero-order valence-corrected chi connectivity index (χ0v) is 7.02. The van der Waals surface area contributed by atoms with E-state index < -0.39 is 0 Å². The number of ether oxygens (including phenoxy) is 1. The molecule has 0 fully saturated rings. The molecule has 4 heteroatoms. The lowest BCUT2D eigenvalue weighted by atomic mass is 10.3. The first-order valence-corrected chi connectivity index (χ1v) is 3.66. The largest absolute Gasteiger partial charge is 0.459 e. The van der Waals surface area contributed by atoms with Crippen molar-refractivity contribution in [2.45, 2.75) is 20.0 Å². The van der Waals surface area contributed by atoms with Crippen molar-refractivity contribution < 1.29 is 9.53 Å². The summed E-state index contributed by atoms with van der Waals surface area (Å²) in [4.78, 5) is 18.6. The second-order valence-corrected chi connectivity index (χ2v) is 2.58. The summed E-state index contributed by atoms with van der Waals surface area (Å²) in [6, 6.07) is 0. The van der Waals surface area contributed by atoms with Gasteiger partial charge in [0.2, 0.25) is 0 Å². The zero-order valence-electron chi connectivity index (χ0n) is 7.02. The summed E-state index contributed by atoms with van der Waals surface area (Å²) in [5.74, 6) is -0.384. The highest BCUT2D eigenvalue weighted by atomic mass is 16.5. The Morgan fingerprint density at radius 3 is 2.50 bits per heavy atom. The van der Waals surface area contributed by atoms with Crippen LogP contribution in [0.25, 0.3) is 0 Å². The Hall–Kier alpha value is -1.45. The van der Waals surface area contributed by atoms with E-state index >= 15 is 0 Å². The van der Waals surface area contributed by atoms with E-state index in [0.29, 0.717) is 5.56 Å². The quantitative estimate of drug-likeness (QED) is 0.616. The van der Waals surface area contributed by atoms with Crippen LogP contribution in [-0.2, 0) is 4.74 Å². The summed E-state index contributed by atoms with van der Waals surface area (Å²) in [6.45, 7) is 3.59. The van der Waals surface area contributed by atoms with Crippen LogP contribution in [0.15, 0.2) is 18.7 Å². The molecule has 0 saturated heterocycles. The third kappa shape index (κ3) is 2.30. The lowest BCUT2D eigenvalue weighted by Crippen LogP contribution is -2.11. The van der Waals surface area contributed by atoms with Gasteiger partial charge >= 0.3 is 5.97 Å². The topological polar surface area (TPSA) is 52.1 Å². The molecule has 0 bridgehead atoms. The first-order chi connectivity index (χ1) is 5.70. The number of carbonyl (C=O) groups excluding carboxylic acids is 1. The van der Waals surface area contributed by atoms with Crippen LogP contribution in [0.2, 0.25) is 0 Å². The smallest absolute Gasteiger partial charge is 0.341 e. The number of aromatic nitrogens is 2. The van der Waals surface area contributed by atoms with Crippen LogP contribution in [0.4, 0.5) is 0 Å². The highest BCUT2D eigenvalue weighted by Gasteiger charge is 2.08. The predicted molar refractivity (Wildman–Crippen MR) is 42.6 cm³/mol. The Balaban J connectivity index is 2.66. The fourth-order valence-electron chi connectivity index (χ4n) is 0.687. The molecular weight excluding hydrogens is 156 g/mol. The third-order valence-corrected chi connectivity index (χ3v) is 1.14. The molecule has 0 N–H and O–H groups in total. The van der Waals surface area contributed by atoms with Gasteiger partial charge in [-0.3, -0.25) is 0 Å². The molecule has 4 nitrogen and oxygen atoms in total. The molecule has 0 spiro atoms. The Labute approximate surface area is 70.6 Å². The van der Waals surface area contributed by atoms with Crippen LogP contribution in [0.1, 0.15) is 24.2 Å². The number of rotatable bonds is 2. The molecule has 0 aliphatic heterocycles. The van der Waals surface area contributed by atoms with E-state index in [-0.39, 0.29) is 12.1 Å². The highest BCUT2D eigenvalue weighted by Crippen LogP contribution is 1.99. The molecule has 0 radical (unpaired) electrons. The average molecular weight is 166 g/mol. The van der Waals surface area contributed by atoms with Crippen LogP contribution in [0.3, 0.4) is 0 Å². The SMILES string of the molecule is CC(C)OC(=O)c1cncnc1. The van der Waals surface area contributed by atoms with Gasteiger partial charge in [0.25, 0.3) is 0 Å². The first kappa shape index (κ1) is 8.64. The van der Waals surface area contributed by atoms with Crippen LogP contribution < -0.4 is 0 Å². The van der Waals surface area contributed by atoms with E-state index in [1.807, 2.05) is 0 Å². The lowest BCUT2D eigenvalue weighted by Gasteiger charge is -2.06. The molecule has 0 aliphatic rings. The van der Waals surface area contributed by atoms with Gasteiger partial charge in [-0.15, -0.1) is 0 Å². The monoisotopic (exact) mass is 166 g/mol. The van der Waals surface area contributed by atoms with Gasteiger partial charge in [-0.05, 0) is 13.8 Å². The van der Waals surface area contributed by atoms with Gasteiger partial charge in [-0.2, -0.15) is 0 Å². The summed E-state index contributed by atoms with van der Waals surface area (Å²) in [5, 5.41) is 0. The fraction of sp³-hybridized carbons (Fsp3) is 0.375. The Morgan fingerprint density at radius 2 is 2.00 bits per heavy atom. The van der Waals surface area contributed by atoms with Gasteiger partial charge in [-0.1, -0.05) is 0 Å². The molecule has 0 saturated carbocycles. The molecule has 0 atom stereocenters. The Morgan fingerprint density at radius 1 is 1.42 bits per heavy atom. The van der Waals surface area contributed by atoms with Gasteiger partial charge in [0.1, 0.15) is 6.33 Å². The van der Waals surface area contributed by atoms with Crippen LogP contribution in [-0.4, -0.2) is 22.0 Å². The summed E-state index contributed by atoms with van der Waals surface area (Å²) < 4.78 is 4.92. The molecule has 0 unspecified atom stereocenters. The minimum Gasteiger partial charge on any atom is -0.459 e. The van der Waals surface area contributed by atoms with Gasteiger partial charge in [0.05, 0.1) is 11.7 Å². The molecule has 1 rings (SSSR count). The maximum Gasteiger partial charge on any atom is 0.341 e. The molecular formula is C8H10N2O2. The maximum atomic E-state index is 11.2. The summed E-state index contributed by atoms with van der Waals surface area (Å²) >= 11 is 0. The molecule has 1 heterocycles. The van der Waals surface area contributed by atoms with Gasteiger partial charge in [-0.25, -0.2) is 14.8 Å². The van der Waals surface area contributed by atoms with E-state index in [1.165, 1.54) is 18.7 Å². The number of hydrogen-bond acceptors (Lipinski definition) is 4. The van der Waals surface area contributed by atoms with Crippen molar-refractivity contribution >= 4 is 5.97 Å². The van der Waals surface area contributed by atoms with Gasteiger partial charge < -0.3 is 4.74 Å². The van der Waals surface area contributed by atoms with Crippen molar-refractivity contribution in [2.75, 3.05) is 0 Å². The van der Waals surface area contributed by atoms with Crippen molar-refractivity contribution in [1.82, 2.24) is 9.97 Å². The van der Waals surface area contributed by atoms with E-state index in [1.54, 1.807) is 13.8 Å².